The molecule has 1 aromatic heterocycles. The summed E-state index contributed by atoms with van der Waals surface area (Å²) in [5.41, 5.74) is -0.141. The van der Waals surface area contributed by atoms with Crippen LogP contribution in [0, 0.1) is 17.5 Å². The molecule has 0 bridgehead atoms. The van der Waals surface area contributed by atoms with Crippen LogP contribution in [-0.2, 0) is 6.42 Å². The van der Waals surface area contributed by atoms with Crippen molar-refractivity contribution in [3.63, 3.8) is 0 Å². The van der Waals surface area contributed by atoms with Gasteiger partial charge in [-0.15, -0.1) is 11.3 Å². The largest absolute Gasteiger partial charge is 0.310 e. The SMILES string of the molecule is CCNC(Cc1ccc(Cl)s1)c1c(F)cc(F)cc1F. The number of hydrogen-bond acceptors (Lipinski definition) is 2. The lowest BCUT2D eigenvalue weighted by Crippen LogP contribution is -2.25. The quantitative estimate of drug-likeness (QED) is 0.841. The van der Waals surface area contributed by atoms with E-state index in [4.69, 9.17) is 11.6 Å². The van der Waals surface area contributed by atoms with Crippen molar-refractivity contribution in [3.8, 4) is 0 Å². The van der Waals surface area contributed by atoms with Crippen molar-refractivity contribution >= 4 is 22.9 Å². The highest BCUT2D eigenvalue weighted by molar-refractivity contribution is 7.16. The van der Waals surface area contributed by atoms with Crippen LogP contribution >= 0.6 is 22.9 Å². The molecule has 1 heterocycles. The molecule has 0 amide bonds. The molecule has 2 aromatic rings. The molecule has 1 nitrogen and oxygen atoms in total. The highest BCUT2D eigenvalue weighted by Crippen LogP contribution is 2.29. The Labute approximate surface area is 124 Å². The first-order valence-electron chi connectivity index (χ1n) is 6.13. The molecule has 2 rings (SSSR count). The zero-order valence-corrected chi connectivity index (χ0v) is 12.3. The molecule has 108 valence electrons. The van der Waals surface area contributed by atoms with Crippen LogP contribution in [0.15, 0.2) is 24.3 Å². The van der Waals surface area contributed by atoms with Crippen molar-refractivity contribution in [2.45, 2.75) is 19.4 Å². The first kappa shape index (κ1) is 15.4. The van der Waals surface area contributed by atoms with Gasteiger partial charge in [-0.3, -0.25) is 0 Å². The minimum absolute atomic E-state index is 0.141. The van der Waals surface area contributed by atoms with E-state index < -0.39 is 23.5 Å². The van der Waals surface area contributed by atoms with Crippen molar-refractivity contribution in [1.82, 2.24) is 5.32 Å². The normalized spacial score (nSPS) is 12.7. The smallest absolute Gasteiger partial charge is 0.133 e. The van der Waals surface area contributed by atoms with Crippen LogP contribution in [0.4, 0.5) is 13.2 Å². The minimum Gasteiger partial charge on any atom is -0.310 e. The number of hydrogen-bond donors (Lipinski definition) is 1. The van der Waals surface area contributed by atoms with Gasteiger partial charge in [-0.1, -0.05) is 18.5 Å². The molecular weight excluding hydrogens is 307 g/mol. The zero-order valence-electron chi connectivity index (χ0n) is 10.7. The van der Waals surface area contributed by atoms with E-state index in [2.05, 4.69) is 5.32 Å². The fourth-order valence-electron chi connectivity index (χ4n) is 2.07. The molecule has 0 saturated carbocycles. The van der Waals surface area contributed by atoms with Gasteiger partial charge in [0.15, 0.2) is 0 Å². The predicted molar refractivity (Wildman–Crippen MR) is 75.8 cm³/mol. The molecule has 20 heavy (non-hydrogen) atoms. The topological polar surface area (TPSA) is 12.0 Å². The predicted octanol–water partition coefficient (Wildman–Crippen LogP) is 4.71. The summed E-state index contributed by atoms with van der Waals surface area (Å²) in [7, 11) is 0. The van der Waals surface area contributed by atoms with Crippen molar-refractivity contribution in [3.05, 3.63) is 56.5 Å². The maximum absolute atomic E-state index is 13.8. The lowest BCUT2D eigenvalue weighted by molar-refractivity contribution is 0.463. The summed E-state index contributed by atoms with van der Waals surface area (Å²) in [6.07, 6.45) is 0.394. The Kier molecular flexibility index (Phi) is 5.07. The Hall–Kier alpha value is -1.04. The second kappa shape index (κ2) is 6.61. The van der Waals surface area contributed by atoms with E-state index in [-0.39, 0.29) is 5.56 Å². The van der Waals surface area contributed by atoms with Gasteiger partial charge >= 0.3 is 0 Å². The summed E-state index contributed by atoms with van der Waals surface area (Å²) in [6.45, 7) is 2.38. The molecule has 0 saturated heterocycles. The number of thiophene rings is 1. The van der Waals surface area contributed by atoms with Crippen molar-refractivity contribution < 1.29 is 13.2 Å². The van der Waals surface area contributed by atoms with Gasteiger partial charge in [0.05, 0.1) is 4.34 Å². The average Bonchev–Trinajstić information content (AvgIpc) is 2.73. The Morgan fingerprint density at radius 2 is 1.85 bits per heavy atom. The molecule has 0 spiro atoms. The Morgan fingerprint density at radius 3 is 2.35 bits per heavy atom. The Bertz CT molecular complexity index is 577. The van der Waals surface area contributed by atoms with Gasteiger partial charge in [-0.2, -0.15) is 0 Å². The number of nitrogens with one attached hydrogen (secondary N) is 1. The van der Waals surface area contributed by atoms with E-state index in [9.17, 15) is 13.2 Å². The molecule has 0 aliphatic carbocycles. The highest BCUT2D eigenvalue weighted by Gasteiger charge is 2.21. The average molecular weight is 320 g/mol. The van der Waals surface area contributed by atoms with Crippen LogP contribution in [0.25, 0.3) is 0 Å². The molecule has 1 aromatic carbocycles. The van der Waals surface area contributed by atoms with Gasteiger partial charge in [0.25, 0.3) is 0 Å². The Balaban J connectivity index is 2.33. The molecule has 1 unspecified atom stereocenters. The Morgan fingerprint density at radius 1 is 1.20 bits per heavy atom. The van der Waals surface area contributed by atoms with Crippen LogP contribution in [0.5, 0.6) is 0 Å². The fraction of sp³-hybridized carbons (Fsp3) is 0.286. The van der Waals surface area contributed by atoms with Gasteiger partial charge in [0.2, 0.25) is 0 Å². The molecule has 0 radical (unpaired) electrons. The van der Waals surface area contributed by atoms with E-state index in [1.54, 1.807) is 6.07 Å². The standard InChI is InChI=1S/C14H13ClF3NS/c1-2-19-12(7-9-3-4-13(15)20-9)14-10(17)5-8(16)6-11(14)18/h3-6,12,19H,2,7H2,1H3. The maximum atomic E-state index is 13.8. The number of halogens is 4. The van der Waals surface area contributed by atoms with Crippen LogP contribution in [-0.4, -0.2) is 6.54 Å². The van der Waals surface area contributed by atoms with Crippen LogP contribution < -0.4 is 5.32 Å². The first-order chi connectivity index (χ1) is 9.51. The van der Waals surface area contributed by atoms with E-state index in [0.29, 0.717) is 29.4 Å². The number of benzene rings is 1. The molecule has 0 fully saturated rings. The third-order valence-electron chi connectivity index (χ3n) is 2.88. The molecular formula is C14H13ClF3NS. The van der Waals surface area contributed by atoms with E-state index in [0.717, 1.165) is 4.88 Å². The summed E-state index contributed by atoms with van der Waals surface area (Å²) >= 11 is 7.21. The second-order valence-electron chi connectivity index (χ2n) is 4.30. The third-order valence-corrected chi connectivity index (χ3v) is 4.13. The number of likely N-dealkylation sites (N-methyl/N-ethyl adjacent to an activating group) is 1. The van der Waals surface area contributed by atoms with Gasteiger partial charge in [-0.05, 0) is 18.7 Å². The fourth-order valence-corrected chi connectivity index (χ4v) is 3.20. The van der Waals surface area contributed by atoms with E-state index >= 15 is 0 Å². The first-order valence-corrected chi connectivity index (χ1v) is 7.32. The third kappa shape index (κ3) is 3.53. The van der Waals surface area contributed by atoms with Crippen LogP contribution in [0.1, 0.15) is 23.4 Å². The van der Waals surface area contributed by atoms with Gasteiger partial charge < -0.3 is 5.32 Å². The monoisotopic (exact) mass is 319 g/mol. The minimum atomic E-state index is -0.918. The lowest BCUT2D eigenvalue weighted by Gasteiger charge is -2.19. The van der Waals surface area contributed by atoms with Crippen molar-refractivity contribution in [2.75, 3.05) is 6.54 Å². The summed E-state index contributed by atoms with van der Waals surface area (Å²) in [6, 6.07) is 4.39. The zero-order chi connectivity index (χ0) is 14.7. The van der Waals surface area contributed by atoms with Gasteiger partial charge in [0, 0.05) is 35.0 Å². The highest BCUT2D eigenvalue weighted by atomic mass is 35.5. The van der Waals surface area contributed by atoms with Gasteiger partial charge in [-0.25, -0.2) is 13.2 Å². The molecule has 0 aliphatic rings. The maximum Gasteiger partial charge on any atom is 0.133 e. The van der Waals surface area contributed by atoms with Crippen molar-refractivity contribution in [2.24, 2.45) is 0 Å². The molecule has 1 atom stereocenters. The second-order valence-corrected chi connectivity index (χ2v) is 6.10. The number of rotatable bonds is 5. The summed E-state index contributed by atoms with van der Waals surface area (Å²) in [5, 5.41) is 3.02. The van der Waals surface area contributed by atoms with Crippen molar-refractivity contribution in [1.29, 1.82) is 0 Å². The molecule has 1 N–H and O–H groups in total. The lowest BCUT2D eigenvalue weighted by atomic mass is 10.0. The van der Waals surface area contributed by atoms with Crippen LogP contribution in [0.3, 0.4) is 0 Å². The summed E-state index contributed by atoms with van der Waals surface area (Å²) in [4.78, 5) is 0.907. The summed E-state index contributed by atoms with van der Waals surface area (Å²) < 4.78 is 41.3. The summed E-state index contributed by atoms with van der Waals surface area (Å²) in [5.74, 6) is -2.68. The van der Waals surface area contributed by atoms with Gasteiger partial charge in [0.1, 0.15) is 17.5 Å². The molecule has 6 heteroatoms. The van der Waals surface area contributed by atoms with Crippen LogP contribution in [0.2, 0.25) is 4.34 Å². The van der Waals surface area contributed by atoms with E-state index in [1.807, 2.05) is 13.0 Å². The van der Waals surface area contributed by atoms with E-state index in [1.165, 1.54) is 11.3 Å². The molecule has 0 aliphatic heterocycles.